The van der Waals surface area contributed by atoms with Gasteiger partial charge in [-0.2, -0.15) is 0 Å². The molecule has 3 aromatic carbocycles. The van der Waals surface area contributed by atoms with Crippen molar-refractivity contribution in [2.24, 2.45) is 0 Å². The summed E-state index contributed by atoms with van der Waals surface area (Å²) in [5.74, 6) is 0.141. The summed E-state index contributed by atoms with van der Waals surface area (Å²) < 4.78 is 31.7. The van der Waals surface area contributed by atoms with Crippen LogP contribution in [0.1, 0.15) is 40.8 Å². The zero-order valence-corrected chi connectivity index (χ0v) is 22.1. The standard InChI is InChI=1S/C27H30ClN3O4S/c1-17-5-4-6-23(26(17)28)18(2)30-27(32)31-24-10-9-22(14-25(24)35-3)36(33,34)16-19-7-8-21-15-29-12-11-20(21)13-19/h4-10,13-14,18,29H,11-12,15-16H2,1-3H3,(H2,30,31,32)/t18-/m1/s1. The van der Waals surface area contributed by atoms with E-state index in [-0.39, 0.29) is 22.4 Å². The summed E-state index contributed by atoms with van der Waals surface area (Å²) in [4.78, 5) is 12.8. The van der Waals surface area contributed by atoms with Crippen LogP contribution in [0.25, 0.3) is 0 Å². The van der Waals surface area contributed by atoms with E-state index in [0.29, 0.717) is 10.7 Å². The smallest absolute Gasteiger partial charge is 0.319 e. The van der Waals surface area contributed by atoms with E-state index in [1.54, 1.807) is 0 Å². The van der Waals surface area contributed by atoms with Crippen molar-refractivity contribution in [3.63, 3.8) is 0 Å². The van der Waals surface area contributed by atoms with Crippen LogP contribution in [0.3, 0.4) is 0 Å². The summed E-state index contributed by atoms with van der Waals surface area (Å²) in [5, 5.41) is 9.51. The van der Waals surface area contributed by atoms with Crippen LogP contribution >= 0.6 is 11.6 Å². The van der Waals surface area contributed by atoms with E-state index in [1.807, 2.05) is 50.2 Å². The fraction of sp³-hybridized carbons (Fsp3) is 0.296. The Hall–Kier alpha value is -3.07. The zero-order chi connectivity index (χ0) is 25.9. The van der Waals surface area contributed by atoms with Crippen molar-refractivity contribution in [3.8, 4) is 5.75 Å². The molecule has 0 aromatic heterocycles. The van der Waals surface area contributed by atoms with Crippen molar-refractivity contribution in [1.82, 2.24) is 10.6 Å². The van der Waals surface area contributed by atoms with Gasteiger partial charge in [-0.15, -0.1) is 0 Å². The largest absolute Gasteiger partial charge is 0.495 e. The minimum absolute atomic E-state index is 0.112. The molecule has 36 heavy (non-hydrogen) atoms. The molecule has 0 aliphatic carbocycles. The van der Waals surface area contributed by atoms with Crippen LogP contribution in [0.5, 0.6) is 5.75 Å². The molecule has 0 bridgehead atoms. The molecule has 0 saturated heterocycles. The van der Waals surface area contributed by atoms with Crippen LogP contribution in [0.2, 0.25) is 5.02 Å². The van der Waals surface area contributed by atoms with Gasteiger partial charge in [-0.05, 0) is 66.8 Å². The second-order valence-corrected chi connectivity index (χ2v) is 11.3. The first-order valence-electron chi connectivity index (χ1n) is 11.7. The molecule has 0 saturated carbocycles. The van der Waals surface area contributed by atoms with Crippen molar-refractivity contribution in [1.29, 1.82) is 0 Å². The Labute approximate surface area is 217 Å². The molecule has 190 valence electrons. The van der Waals surface area contributed by atoms with Gasteiger partial charge in [0.05, 0.1) is 29.5 Å². The van der Waals surface area contributed by atoms with Crippen molar-refractivity contribution >= 4 is 33.2 Å². The number of amides is 2. The number of sulfone groups is 1. The number of hydrogen-bond acceptors (Lipinski definition) is 5. The van der Waals surface area contributed by atoms with E-state index in [4.69, 9.17) is 16.3 Å². The highest BCUT2D eigenvalue weighted by molar-refractivity contribution is 7.90. The third-order valence-corrected chi connectivity index (χ3v) is 8.53. The molecule has 2 amide bonds. The summed E-state index contributed by atoms with van der Waals surface area (Å²) in [6, 6.07) is 15.1. The molecular weight excluding hydrogens is 498 g/mol. The molecule has 1 heterocycles. The normalized spacial score (nSPS) is 14.0. The number of aryl methyl sites for hydroxylation is 1. The number of anilines is 1. The Balaban J connectivity index is 1.47. The summed E-state index contributed by atoms with van der Waals surface area (Å²) in [5.41, 5.74) is 5.23. The van der Waals surface area contributed by atoms with Gasteiger partial charge < -0.3 is 20.7 Å². The molecular formula is C27H30ClN3O4S. The lowest BCUT2D eigenvalue weighted by Crippen LogP contribution is -2.31. The first-order valence-corrected chi connectivity index (χ1v) is 13.8. The van der Waals surface area contributed by atoms with Crippen LogP contribution in [-0.2, 0) is 28.6 Å². The van der Waals surface area contributed by atoms with Gasteiger partial charge >= 0.3 is 6.03 Å². The van der Waals surface area contributed by atoms with E-state index >= 15 is 0 Å². The third kappa shape index (κ3) is 5.83. The number of urea groups is 1. The van der Waals surface area contributed by atoms with Crippen LogP contribution in [0.15, 0.2) is 59.5 Å². The minimum atomic E-state index is -3.62. The lowest BCUT2D eigenvalue weighted by Gasteiger charge is -2.19. The highest BCUT2D eigenvalue weighted by Crippen LogP contribution is 2.30. The molecule has 7 nitrogen and oxygen atoms in total. The number of carbonyl (C=O) groups excluding carboxylic acids is 1. The van der Waals surface area contributed by atoms with Gasteiger partial charge in [0.15, 0.2) is 9.84 Å². The highest BCUT2D eigenvalue weighted by atomic mass is 35.5. The average molecular weight is 528 g/mol. The maximum atomic E-state index is 13.2. The first kappa shape index (κ1) is 26.0. The maximum Gasteiger partial charge on any atom is 0.319 e. The second kappa shape index (κ2) is 10.9. The fourth-order valence-electron chi connectivity index (χ4n) is 4.33. The Morgan fingerprint density at radius 1 is 1.14 bits per heavy atom. The number of halogens is 1. The summed E-state index contributed by atoms with van der Waals surface area (Å²) >= 11 is 6.38. The summed E-state index contributed by atoms with van der Waals surface area (Å²) in [6.07, 6.45) is 0.883. The topological polar surface area (TPSA) is 96.5 Å². The average Bonchev–Trinajstić information content (AvgIpc) is 2.85. The quantitative estimate of drug-likeness (QED) is 0.394. The Kier molecular flexibility index (Phi) is 7.88. The number of rotatable bonds is 7. The molecule has 3 aromatic rings. The lowest BCUT2D eigenvalue weighted by molar-refractivity contribution is 0.249. The van der Waals surface area contributed by atoms with Gasteiger partial charge in [0.1, 0.15) is 5.75 Å². The number of carbonyl (C=O) groups is 1. The van der Waals surface area contributed by atoms with Crippen molar-refractivity contribution in [2.75, 3.05) is 19.0 Å². The predicted octanol–water partition coefficient (Wildman–Crippen LogP) is 5.16. The number of fused-ring (bicyclic) bond motifs is 1. The van der Waals surface area contributed by atoms with Crippen LogP contribution in [-0.4, -0.2) is 28.1 Å². The Morgan fingerprint density at radius 3 is 2.72 bits per heavy atom. The third-order valence-electron chi connectivity index (χ3n) is 6.33. The zero-order valence-electron chi connectivity index (χ0n) is 20.5. The maximum absolute atomic E-state index is 13.2. The van der Waals surface area contributed by atoms with Crippen LogP contribution < -0.4 is 20.7 Å². The summed E-state index contributed by atoms with van der Waals surface area (Å²) in [7, 11) is -2.19. The monoisotopic (exact) mass is 527 g/mol. The SMILES string of the molecule is COc1cc(S(=O)(=O)Cc2ccc3c(c2)CCNC3)ccc1NC(=O)N[C@H](C)c1cccc(C)c1Cl. The first-order chi connectivity index (χ1) is 17.2. The second-order valence-electron chi connectivity index (χ2n) is 8.95. The molecule has 1 aliphatic rings. The van der Waals surface area contributed by atoms with E-state index in [9.17, 15) is 13.2 Å². The van der Waals surface area contributed by atoms with Gasteiger partial charge in [0.2, 0.25) is 0 Å². The Morgan fingerprint density at radius 2 is 1.94 bits per heavy atom. The van der Waals surface area contributed by atoms with Gasteiger partial charge in [-0.1, -0.05) is 48.0 Å². The van der Waals surface area contributed by atoms with E-state index < -0.39 is 15.9 Å². The lowest BCUT2D eigenvalue weighted by atomic mass is 9.99. The minimum Gasteiger partial charge on any atom is -0.495 e. The number of hydrogen-bond donors (Lipinski definition) is 3. The Bertz CT molecular complexity index is 1390. The molecule has 3 N–H and O–H groups in total. The fourth-order valence-corrected chi connectivity index (χ4v) is 5.97. The molecule has 1 aliphatic heterocycles. The molecule has 0 unspecified atom stereocenters. The molecule has 0 spiro atoms. The number of methoxy groups -OCH3 is 1. The molecule has 4 rings (SSSR count). The highest BCUT2D eigenvalue weighted by Gasteiger charge is 2.20. The number of benzene rings is 3. The van der Waals surface area contributed by atoms with Gasteiger partial charge in [0.25, 0.3) is 0 Å². The predicted molar refractivity (Wildman–Crippen MR) is 142 cm³/mol. The van der Waals surface area contributed by atoms with E-state index in [2.05, 4.69) is 16.0 Å². The van der Waals surface area contributed by atoms with Crippen molar-refractivity contribution in [3.05, 3.63) is 87.4 Å². The molecule has 1 atom stereocenters. The van der Waals surface area contributed by atoms with E-state index in [0.717, 1.165) is 36.2 Å². The number of ether oxygens (including phenoxy) is 1. The van der Waals surface area contributed by atoms with Crippen LogP contribution in [0, 0.1) is 6.92 Å². The van der Waals surface area contributed by atoms with Crippen molar-refractivity contribution in [2.45, 2.75) is 43.5 Å². The summed E-state index contributed by atoms with van der Waals surface area (Å²) in [6.45, 7) is 5.43. The van der Waals surface area contributed by atoms with Gasteiger partial charge in [0, 0.05) is 17.6 Å². The number of nitrogens with one attached hydrogen (secondary N) is 3. The van der Waals surface area contributed by atoms with Crippen molar-refractivity contribution < 1.29 is 17.9 Å². The van der Waals surface area contributed by atoms with Gasteiger partial charge in [-0.3, -0.25) is 0 Å². The van der Waals surface area contributed by atoms with Crippen LogP contribution in [0.4, 0.5) is 10.5 Å². The van der Waals surface area contributed by atoms with Gasteiger partial charge in [-0.25, -0.2) is 13.2 Å². The molecule has 0 fully saturated rings. The molecule has 9 heteroatoms. The van der Waals surface area contributed by atoms with E-state index in [1.165, 1.54) is 36.4 Å². The molecule has 0 radical (unpaired) electrons.